The van der Waals surface area contributed by atoms with E-state index in [0.29, 0.717) is 0 Å². The van der Waals surface area contributed by atoms with Crippen molar-refractivity contribution in [2.45, 2.75) is 66.0 Å². The largest absolute Gasteiger partial charge is 0.375 e. The highest BCUT2D eigenvalue weighted by atomic mass is 16.5. The molecule has 0 saturated heterocycles. The topological polar surface area (TPSA) is 181 Å². The monoisotopic (exact) mass is 591 g/mol. The fourth-order valence-corrected chi connectivity index (χ4v) is 3.11. The molecule has 0 aliphatic heterocycles. The van der Waals surface area contributed by atoms with Gasteiger partial charge in [-0.1, -0.05) is 51.1 Å². The smallest absolute Gasteiger partial charge is 0.243 e. The van der Waals surface area contributed by atoms with Crippen LogP contribution in [0.1, 0.15) is 53.5 Å². The summed E-state index contributed by atoms with van der Waals surface area (Å²) in [5.41, 5.74) is -0.173. The number of ketones is 1. The van der Waals surface area contributed by atoms with Gasteiger partial charge < -0.3 is 36.1 Å². The van der Waals surface area contributed by atoms with Crippen molar-refractivity contribution in [2.75, 3.05) is 39.6 Å². The molecule has 0 radical (unpaired) electrons. The Labute approximate surface area is 247 Å². The second-order valence-electron chi connectivity index (χ2n) is 11.6. The fourth-order valence-electron chi connectivity index (χ4n) is 3.11. The van der Waals surface area contributed by atoms with E-state index in [9.17, 15) is 28.8 Å². The van der Waals surface area contributed by atoms with E-state index in [1.165, 1.54) is 0 Å². The zero-order chi connectivity index (χ0) is 31.8. The zero-order valence-corrected chi connectivity index (χ0v) is 25.4. The summed E-state index contributed by atoms with van der Waals surface area (Å²) in [7, 11) is 0. The average Bonchev–Trinajstić information content (AvgIpc) is 2.90. The average molecular weight is 592 g/mol. The molecule has 13 nitrogen and oxygen atoms in total. The number of hydrogen-bond acceptors (Lipinski definition) is 8. The van der Waals surface area contributed by atoms with Crippen molar-refractivity contribution in [1.82, 2.24) is 26.6 Å². The molecule has 5 N–H and O–H groups in total. The minimum atomic E-state index is -1.03. The molecule has 0 spiro atoms. The summed E-state index contributed by atoms with van der Waals surface area (Å²) < 4.78 is 10.6. The van der Waals surface area contributed by atoms with Crippen LogP contribution < -0.4 is 26.6 Å². The molecule has 0 fully saturated rings. The van der Waals surface area contributed by atoms with Gasteiger partial charge in [0.1, 0.15) is 19.4 Å². The van der Waals surface area contributed by atoms with Crippen LogP contribution in [0.15, 0.2) is 30.3 Å². The summed E-state index contributed by atoms with van der Waals surface area (Å²) in [6.45, 7) is 9.61. The van der Waals surface area contributed by atoms with Gasteiger partial charge in [-0.25, -0.2) is 0 Å². The van der Waals surface area contributed by atoms with Crippen LogP contribution in [-0.4, -0.2) is 86.5 Å². The van der Waals surface area contributed by atoms with E-state index in [0.717, 1.165) is 5.56 Å². The van der Waals surface area contributed by atoms with E-state index in [1.54, 1.807) is 45.0 Å². The van der Waals surface area contributed by atoms with Crippen LogP contribution in [0.4, 0.5) is 0 Å². The summed E-state index contributed by atoms with van der Waals surface area (Å²) in [5.74, 6) is -2.86. The highest BCUT2D eigenvalue weighted by molar-refractivity contribution is 5.92. The van der Waals surface area contributed by atoms with Gasteiger partial charge in [0, 0.05) is 18.3 Å². The van der Waals surface area contributed by atoms with Gasteiger partial charge in [-0.2, -0.15) is 0 Å². The maximum Gasteiger partial charge on any atom is 0.243 e. The lowest BCUT2D eigenvalue weighted by Crippen LogP contribution is -2.52. The Hall–Kier alpha value is -3.84. The molecule has 1 rings (SSSR count). The Morgan fingerprint density at radius 3 is 1.93 bits per heavy atom. The molecule has 0 aromatic heterocycles. The zero-order valence-electron chi connectivity index (χ0n) is 25.4. The van der Waals surface area contributed by atoms with Gasteiger partial charge in [0.2, 0.25) is 29.5 Å². The number of ether oxygens (including phenoxy) is 2. The summed E-state index contributed by atoms with van der Waals surface area (Å²) >= 11 is 0. The summed E-state index contributed by atoms with van der Waals surface area (Å²) in [4.78, 5) is 73.3. The van der Waals surface area contributed by atoms with Crippen LogP contribution in [0, 0.1) is 5.41 Å². The van der Waals surface area contributed by atoms with Crippen LogP contribution in [0.25, 0.3) is 0 Å². The molecule has 0 heterocycles. The molecule has 1 atom stereocenters. The minimum absolute atomic E-state index is 0.0865. The molecule has 0 saturated carbocycles. The van der Waals surface area contributed by atoms with Crippen LogP contribution in [-0.2, 0) is 44.7 Å². The highest BCUT2D eigenvalue weighted by Crippen LogP contribution is 2.14. The lowest BCUT2D eigenvalue weighted by atomic mass is 9.91. The molecule has 0 bridgehead atoms. The van der Waals surface area contributed by atoms with Crippen molar-refractivity contribution in [3.8, 4) is 0 Å². The molecule has 234 valence electrons. The Morgan fingerprint density at radius 2 is 1.31 bits per heavy atom. The SMILES string of the molecule is CC(C)(C)OCCC(=O)NCC(=O)NCC(=O)N[C@@H](Cc1ccccc1)C(=O)NCC(=O)NCOCC(=O)C(C)(C)C. The summed E-state index contributed by atoms with van der Waals surface area (Å²) in [5, 5.41) is 12.3. The van der Waals surface area contributed by atoms with Crippen LogP contribution in [0.2, 0.25) is 0 Å². The standard InChI is InChI=1S/C29H45N5O8/c1-28(2,3)22(35)18-41-19-33-25(38)16-32-27(40)21(14-20-10-8-7-9-11-20)34-26(39)17-31-24(37)15-30-23(36)12-13-42-29(4,5)6/h7-11,21H,12-19H2,1-6H3,(H,30,36)(H,31,37)(H,32,40)(H,33,38)(H,34,39)/t21-/m0/s1. The maximum absolute atomic E-state index is 12.9. The first-order valence-corrected chi connectivity index (χ1v) is 13.7. The minimum Gasteiger partial charge on any atom is -0.375 e. The van der Waals surface area contributed by atoms with Crippen LogP contribution >= 0.6 is 0 Å². The Bertz CT molecular complexity index is 1060. The number of carbonyl (C=O) groups is 6. The maximum atomic E-state index is 12.9. The number of benzene rings is 1. The quantitative estimate of drug-likeness (QED) is 0.124. The van der Waals surface area contributed by atoms with Crippen molar-refractivity contribution in [3.63, 3.8) is 0 Å². The van der Waals surface area contributed by atoms with E-state index in [1.807, 2.05) is 26.8 Å². The number of hydrogen-bond donors (Lipinski definition) is 5. The molecule has 0 aliphatic carbocycles. The first-order chi connectivity index (χ1) is 19.6. The van der Waals surface area contributed by atoms with Crippen LogP contribution in [0.5, 0.6) is 0 Å². The lowest BCUT2D eigenvalue weighted by Gasteiger charge is -2.19. The number of nitrogens with one attached hydrogen (secondary N) is 5. The first-order valence-electron chi connectivity index (χ1n) is 13.7. The second-order valence-corrected chi connectivity index (χ2v) is 11.6. The molecule has 0 aliphatic rings. The van der Waals surface area contributed by atoms with Gasteiger partial charge in [0.05, 0.1) is 31.8 Å². The normalized spacial score (nSPS) is 12.0. The summed E-state index contributed by atoms with van der Waals surface area (Å²) in [6, 6.07) is 7.91. The van der Waals surface area contributed by atoms with Gasteiger partial charge in [0.15, 0.2) is 5.78 Å². The number of carbonyl (C=O) groups excluding carboxylic acids is 6. The van der Waals surface area contributed by atoms with Gasteiger partial charge >= 0.3 is 0 Å². The number of Topliss-reactive ketones (excluding diaryl/α,β-unsaturated/α-hetero) is 1. The molecule has 5 amide bonds. The van der Waals surface area contributed by atoms with E-state index in [2.05, 4.69) is 26.6 Å². The molecule has 1 aromatic rings. The van der Waals surface area contributed by atoms with Crippen molar-refractivity contribution in [3.05, 3.63) is 35.9 Å². The van der Waals surface area contributed by atoms with Crippen molar-refractivity contribution < 1.29 is 38.2 Å². The second kappa shape index (κ2) is 17.9. The number of amides is 5. The molecular weight excluding hydrogens is 546 g/mol. The predicted octanol–water partition coefficient (Wildman–Crippen LogP) is -0.0268. The third kappa shape index (κ3) is 17.1. The summed E-state index contributed by atoms with van der Waals surface area (Å²) in [6.07, 6.45) is 0.224. The van der Waals surface area contributed by atoms with Gasteiger partial charge in [-0.15, -0.1) is 0 Å². The third-order valence-electron chi connectivity index (χ3n) is 5.56. The van der Waals surface area contributed by atoms with Gasteiger partial charge in [-0.05, 0) is 26.3 Å². The Morgan fingerprint density at radius 1 is 0.738 bits per heavy atom. The molecule has 13 heteroatoms. The van der Waals surface area contributed by atoms with Crippen LogP contribution in [0.3, 0.4) is 0 Å². The van der Waals surface area contributed by atoms with E-state index >= 15 is 0 Å². The molecule has 0 unspecified atom stereocenters. The van der Waals surface area contributed by atoms with Crippen molar-refractivity contribution >= 4 is 35.3 Å². The molecular formula is C29H45N5O8. The van der Waals surface area contributed by atoms with Gasteiger partial charge in [-0.3, -0.25) is 28.8 Å². The first kappa shape index (κ1) is 36.2. The number of rotatable bonds is 17. The van der Waals surface area contributed by atoms with E-state index in [4.69, 9.17) is 9.47 Å². The molecule has 1 aromatic carbocycles. The lowest BCUT2D eigenvalue weighted by molar-refractivity contribution is -0.133. The third-order valence-corrected chi connectivity index (χ3v) is 5.56. The Kier molecular flexibility index (Phi) is 15.4. The van der Waals surface area contributed by atoms with Crippen molar-refractivity contribution in [1.29, 1.82) is 0 Å². The Balaban J connectivity index is 2.52. The van der Waals surface area contributed by atoms with E-state index < -0.39 is 41.6 Å². The molecule has 42 heavy (non-hydrogen) atoms. The fraction of sp³-hybridized carbons (Fsp3) is 0.586. The highest BCUT2D eigenvalue weighted by Gasteiger charge is 2.23. The predicted molar refractivity (Wildman–Crippen MR) is 155 cm³/mol. The van der Waals surface area contributed by atoms with Gasteiger partial charge in [0.25, 0.3) is 0 Å². The van der Waals surface area contributed by atoms with Crippen molar-refractivity contribution in [2.24, 2.45) is 5.41 Å². The van der Waals surface area contributed by atoms with E-state index in [-0.39, 0.29) is 63.2 Å².